The number of ether oxygens (including phenoxy) is 1. The Labute approximate surface area is 111 Å². The zero-order chi connectivity index (χ0) is 13.0. The van der Waals surface area contributed by atoms with Gasteiger partial charge in [-0.05, 0) is 25.1 Å². The second-order valence-electron chi connectivity index (χ2n) is 3.97. The lowest BCUT2D eigenvalue weighted by atomic mass is 10.1. The Morgan fingerprint density at radius 2 is 2.17 bits per heavy atom. The fourth-order valence-electron chi connectivity index (χ4n) is 1.63. The Kier molecular flexibility index (Phi) is 4.28. The summed E-state index contributed by atoms with van der Waals surface area (Å²) in [6.07, 6.45) is 0. The van der Waals surface area contributed by atoms with Crippen molar-refractivity contribution < 1.29 is 4.74 Å². The van der Waals surface area contributed by atoms with Crippen LogP contribution < -0.4 is 10.1 Å². The lowest BCUT2D eigenvalue weighted by Crippen LogP contribution is -2.11. The molecule has 1 heterocycles. The van der Waals surface area contributed by atoms with Crippen LogP contribution in [0.2, 0.25) is 0 Å². The molecule has 0 bridgehead atoms. The van der Waals surface area contributed by atoms with Crippen LogP contribution in [0, 0.1) is 6.92 Å². The highest BCUT2D eigenvalue weighted by Gasteiger charge is 2.08. The molecule has 0 aliphatic heterocycles. The Hall–Kier alpha value is -1.46. The Morgan fingerprint density at radius 3 is 2.89 bits per heavy atom. The van der Waals surface area contributed by atoms with E-state index in [9.17, 15) is 0 Å². The first-order valence-corrected chi connectivity index (χ1v) is 6.74. The van der Waals surface area contributed by atoms with Gasteiger partial charge >= 0.3 is 0 Å². The summed E-state index contributed by atoms with van der Waals surface area (Å²) in [6, 6.07) is 6.10. The highest BCUT2D eigenvalue weighted by molar-refractivity contribution is 7.14. The average molecular weight is 263 g/mol. The van der Waals surface area contributed by atoms with Gasteiger partial charge in [0.15, 0.2) is 0 Å². The van der Waals surface area contributed by atoms with Crippen molar-refractivity contribution in [2.75, 3.05) is 13.7 Å². The van der Waals surface area contributed by atoms with Gasteiger partial charge in [-0.2, -0.15) is 0 Å². The van der Waals surface area contributed by atoms with Crippen molar-refractivity contribution in [3.8, 4) is 16.3 Å². The second kappa shape index (κ2) is 5.93. The lowest BCUT2D eigenvalue weighted by Gasteiger charge is -2.05. The first kappa shape index (κ1) is 13.0. The molecule has 1 N–H and O–H groups in total. The molecule has 0 saturated heterocycles. The fourth-order valence-corrected chi connectivity index (χ4v) is 2.43. The van der Waals surface area contributed by atoms with Gasteiger partial charge < -0.3 is 10.1 Å². The maximum absolute atomic E-state index is 5.32. The Morgan fingerprint density at radius 1 is 1.33 bits per heavy atom. The minimum atomic E-state index is 0.775. The van der Waals surface area contributed by atoms with Crippen LogP contribution in [0.4, 0.5) is 0 Å². The van der Waals surface area contributed by atoms with Crippen LogP contribution >= 0.6 is 11.3 Å². The van der Waals surface area contributed by atoms with E-state index in [-0.39, 0.29) is 0 Å². The molecule has 0 saturated carbocycles. The van der Waals surface area contributed by atoms with Gasteiger partial charge in [0.05, 0.1) is 7.11 Å². The van der Waals surface area contributed by atoms with E-state index in [1.807, 2.05) is 19.1 Å². The zero-order valence-electron chi connectivity index (χ0n) is 10.9. The number of hydrogen-bond donors (Lipinski definition) is 1. The largest absolute Gasteiger partial charge is 0.496 e. The molecule has 1 aromatic heterocycles. The van der Waals surface area contributed by atoms with E-state index in [1.165, 1.54) is 0 Å². The maximum Gasteiger partial charge on any atom is 0.147 e. The number of hydrogen-bond acceptors (Lipinski definition) is 5. The van der Waals surface area contributed by atoms with Gasteiger partial charge in [0.2, 0.25) is 0 Å². The molecule has 96 valence electrons. The van der Waals surface area contributed by atoms with Crippen molar-refractivity contribution in [3.05, 3.63) is 28.8 Å². The molecule has 0 aliphatic carbocycles. The molecule has 0 spiro atoms. The highest BCUT2D eigenvalue weighted by Crippen LogP contribution is 2.28. The van der Waals surface area contributed by atoms with Crippen molar-refractivity contribution in [3.63, 3.8) is 0 Å². The molecular formula is C13H17N3OS. The average Bonchev–Trinajstić information content (AvgIpc) is 2.85. The summed E-state index contributed by atoms with van der Waals surface area (Å²) in [6.45, 7) is 5.82. The van der Waals surface area contributed by atoms with Gasteiger partial charge in [0, 0.05) is 12.1 Å². The van der Waals surface area contributed by atoms with Gasteiger partial charge in [0.1, 0.15) is 15.8 Å². The first-order chi connectivity index (χ1) is 8.74. The van der Waals surface area contributed by atoms with Crippen molar-refractivity contribution in [1.82, 2.24) is 15.5 Å². The van der Waals surface area contributed by atoms with E-state index in [0.717, 1.165) is 40.0 Å². The fraction of sp³-hybridized carbons (Fsp3) is 0.385. The van der Waals surface area contributed by atoms with Gasteiger partial charge in [-0.15, -0.1) is 10.2 Å². The lowest BCUT2D eigenvalue weighted by molar-refractivity contribution is 0.412. The summed E-state index contributed by atoms with van der Waals surface area (Å²) in [4.78, 5) is 0. The van der Waals surface area contributed by atoms with Gasteiger partial charge in [0.25, 0.3) is 0 Å². The molecule has 5 heteroatoms. The van der Waals surface area contributed by atoms with Crippen molar-refractivity contribution in [2.24, 2.45) is 0 Å². The first-order valence-electron chi connectivity index (χ1n) is 5.92. The molecule has 18 heavy (non-hydrogen) atoms. The van der Waals surface area contributed by atoms with Crippen LogP contribution in [0.15, 0.2) is 18.2 Å². The number of rotatable bonds is 5. The number of methoxy groups -OCH3 is 1. The molecule has 1 aromatic carbocycles. The molecule has 0 atom stereocenters. The summed E-state index contributed by atoms with van der Waals surface area (Å²) in [5.74, 6) is 0.885. The monoisotopic (exact) mass is 263 g/mol. The summed E-state index contributed by atoms with van der Waals surface area (Å²) >= 11 is 1.61. The molecule has 4 nitrogen and oxygen atoms in total. The Balaban J connectivity index is 2.23. The third-order valence-electron chi connectivity index (χ3n) is 2.65. The SMILES string of the molecule is CCNCc1nnc(-c2ccc(C)c(OC)c2)s1. The molecule has 0 fully saturated rings. The van der Waals surface area contributed by atoms with Gasteiger partial charge in [-0.3, -0.25) is 0 Å². The summed E-state index contributed by atoms with van der Waals surface area (Å²) in [5, 5.41) is 13.6. The van der Waals surface area contributed by atoms with Crippen LogP contribution in [0.1, 0.15) is 17.5 Å². The standard InChI is InChI=1S/C13H17N3OS/c1-4-14-8-12-15-16-13(18-12)10-6-5-9(2)11(7-10)17-3/h5-7,14H,4,8H2,1-3H3. The number of benzene rings is 1. The topological polar surface area (TPSA) is 47.0 Å². The second-order valence-corrected chi connectivity index (χ2v) is 5.03. The van der Waals surface area contributed by atoms with Crippen molar-refractivity contribution in [1.29, 1.82) is 0 Å². The number of aromatic nitrogens is 2. The van der Waals surface area contributed by atoms with E-state index in [4.69, 9.17) is 4.74 Å². The summed E-state index contributed by atoms with van der Waals surface area (Å²) < 4.78 is 5.32. The minimum absolute atomic E-state index is 0.775. The van der Waals surface area contributed by atoms with Gasteiger partial charge in [-0.25, -0.2) is 0 Å². The highest BCUT2D eigenvalue weighted by atomic mass is 32.1. The van der Waals surface area contributed by atoms with Crippen LogP contribution in [-0.2, 0) is 6.54 Å². The van der Waals surface area contributed by atoms with Crippen LogP contribution in [0.25, 0.3) is 10.6 Å². The van der Waals surface area contributed by atoms with Crippen LogP contribution in [0.5, 0.6) is 5.75 Å². The van der Waals surface area contributed by atoms with E-state index < -0.39 is 0 Å². The van der Waals surface area contributed by atoms with E-state index in [2.05, 4.69) is 28.5 Å². The minimum Gasteiger partial charge on any atom is -0.496 e. The van der Waals surface area contributed by atoms with E-state index in [0.29, 0.717) is 0 Å². The molecule has 0 unspecified atom stereocenters. The molecule has 0 aliphatic rings. The molecule has 0 amide bonds. The van der Waals surface area contributed by atoms with E-state index >= 15 is 0 Å². The van der Waals surface area contributed by atoms with E-state index in [1.54, 1.807) is 18.4 Å². The van der Waals surface area contributed by atoms with Crippen LogP contribution in [-0.4, -0.2) is 23.9 Å². The van der Waals surface area contributed by atoms with Crippen molar-refractivity contribution in [2.45, 2.75) is 20.4 Å². The van der Waals surface area contributed by atoms with Gasteiger partial charge in [-0.1, -0.05) is 30.4 Å². The van der Waals surface area contributed by atoms with Crippen molar-refractivity contribution >= 4 is 11.3 Å². The summed E-state index contributed by atoms with van der Waals surface area (Å²) in [7, 11) is 1.68. The third kappa shape index (κ3) is 2.86. The normalized spacial score (nSPS) is 10.6. The number of aryl methyl sites for hydroxylation is 1. The maximum atomic E-state index is 5.32. The summed E-state index contributed by atoms with van der Waals surface area (Å²) in [5.41, 5.74) is 2.18. The third-order valence-corrected chi connectivity index (χ3v) is 3.62. The Bertz CT molecular complexity index is 525. The smallest absolute Gasteiger partial charge is 0.147 e. The molecule has 2 rings (SSSR count). The number of nitrogens with one attached hydrogen (secondary N) is 1. The molecular weight excluding hydrogens is 246 g/mol. The predicted molar refractivity (Wildman–Crippen MR) is 74.0 cm³/mol. The zero-order valence-corrected chi connectivity index (χ0v) is 11.7. The molecule has 0 radical (unpaired) electrons. The number of nitrogens with zero attached hydrogens (tertiary/aromatic N) is 2. The predicted octanol–water partition coefficient (Wildman–Crippen LogP) is 2.63. The van der Waals surface area contributed by atoms with Crippen LogP contribution in [0.3, 0.4) is 0 Å². The molecule has 2 aromatic rings. The quantitative estimate of drug-likeness (QED) is 0.901.